The van der Waals surface area contributed by atoms with E-state index < -0.39 is 5.54 Å². The standard InChI is InChI=1S/C42H36N8/c1-4-13-32(42(5-2)26-49-41(36-18-11-12-23-48(36)42)45-39(46-49)27-14-7-6-8-15-27)38-31-25-37-29(28-16-9-10-17-34(28)47(37)3)24-30(31)35-20-19-33-40(50(35)38)44-22-21-43-33/h6-12,14-25H,4-5,13,26H2,1-3H3/q+2. The fourth-order valence-corrected chi connectivity index (χ4v) is 8.68. The Labute approximate surface area is 289 Å². The van der Waals surface area contributed by atoms with Gasteiger partial charge >= 0.3 is 0 Å². The van der Waals surface area contributed by atoms with E-state index in [1.807, 2.05) is 24.4 Å². The molecule has 0 saturated carbocycles. The second-order valence-corrected chi connectivity index (χ2v) is 13.5. The molecule has 0 fully saturated rings. The number of fused-ring (bicyclic) bond motifs is 11. The number of nitrogens with zero attached hydrogens (tertiary/aromatic N) is 8. The number of hydrogen-bond donors (Lipinski definition) is 0. The van der Waals surface area contributed by atoms with Crippen molar-refractivity contribution in [1.29, 1.82) is 0 Å². The van der Waals surface area contributed by atoms with Crippen molar-refractivity contribution >= 4 is 38.7 Å². The number of aromatic nitrogens is 7. The van der Waals surface area contributed by atoms with E-state index in [9.17, 15) is 0 Å². The lowest BCUT2D eigenvalue weighted by Crippen LogP contribution is -2.63. The minimum Gasteiger partial charge on any atom is -0.292 e. The van der Waals surface area contributed by atoms with Crippen LogP contribution in [-0.4, -0.2) is 36.2 Å². The molecule has 5 aromatic heterocycles. The quantitative estimate of drug-likeness (QED) is 0.201. The van der Waals surface area contributed by atoms with Gasteiger partial charge in [0.2, 0.25) is 22.4 Å². The second-order valence-electron chi connectivity index (χ2n) is 13.5. The average molecular weight is 653 g/mol. The number of hydrogen-bond acceptors (Lipinski definition) is 4. The summed E-state index contributed by atoms with van der Waals surface area (Å²) in [6, 6.07) is 34.6. The fourth-order valence-electron chi connectivity index (χ4n) is 8.68. The Balaban J connectivity index is 1.37. The first kappa shape index (κ1) is 28.9. The van der Waals surface area contributed by atoms with Gasteiger partial charge in [-0.3, -0.25) is 9.38 Å². The smallest absolute Gasteiger partial charge is 0.250 e. The largest absolute Gasteiger partial charge is 0.292 e. The lowest BCUT2D eigenvalue weighted by Gasteiger charge is -2.34. The van der Waals surface area contributed by atoms with Crippen LogP contribution in [0.3, 0.4) is 0 Å². The normalized spacial score (nSPS) is 16.8. The van der Waals surface area contributed by atoms with E-state index in [1.165, 1.54) is 43.9 Å². The maximum Gasteiger partial charge on any atom is 0.250 e. The van der Waals surface area contributed by atoms with Crippen LogP contribution in [0, 0.1) is 0 Å². The average Bonchev–Trinajstić information content (AvgIpc) is 3.83. The van der Waals surface area contributed by atoms with Crippen molar-refractivity contribution in [2.45, 2.75) is 45.2 Å². The highest BCUT2D eigenvalue weighted by atomic mass is 15.4. The second kappa shape index (κ2) is 10.7. The van der Waals surface area contributed by atoms with Gasteiger partial charge in [0, 0.05) is 65.0 Å². The zero-order valence-electron chi connectivity index (χ0n) is 28.4. The molecule has 1 atom stereocenters. The summed E-state index contributed by atoms with van der Waals surface area (Å²) in [5.74, 6) is 1.64. The van der Waals surface area contributed by atoms with E-state index in [-0.39, 0.29) is 0 Å². The molecule has 8 aromatic rings. The van der Waals surface area contributed by atoms with Crippen LogP contribution in [0.15, 0.2) is 116 Å². The molecular formula is C42H36N8+2. The molecule has 0 spiro atoms. The van der Waals surface area contributed by atoms with Crippen LogP contribution in [0.5, 0.6) is 0 Å². The lowest BCUT2D eigenvalue weighted by atomic mass is 9.81. The molecule has 0 N–H and O–H groups in total. The molecule has 10 rings (SSSR count). The summed E-state index contributed by atoms with van der Waals surface area (Å²) in [5, 5.41) is 10.1. The van der Waals surface area contributed by atoms with Crippen LogP contribution in [0.25, 0.3) is 67.1 Å². The predicted octanol–water partition coefficient (Wildman–Crippen LogP) is 6.45. The molecule has 2 aliphatic heterocycles. The third kappa shape index (κ3) is 3.87. The maximum absolute atomic E-state index is 5.18. The maximum atomic E-state index is 5.18. The number of benzene rings is 3. The SMILES string of the molecule is CCCC(=c1c2cc3c(cc2c2ccc4nccnc4n12)-c1ccccc1[N+]=3C)C1(CC)Cn2nc(-c3ccccc3)nc2-c2cccc[n+]21. The summed E-state index contributed by atoms with van der Waals surface area (Å²) in [6.07, 6.45) is 8.59. The van der Waals surface area contributed by atoms with Gasteiger partial charge in [-0.15, -0.1) is 5.10 Å². The van der Waals surface area contributed by atoms with Crippen LogP contribution >= 0.6 is 0 Å². The Hall–Kier alpha value is -6.02. The van der Waals surface area contributed by atoms with Crippen LogP contribution < -0.4 is 19.8 Å². The number of pyridine rings is 2. The summed E-state index contributed by atoms with van der Waals surface area (Å²) < 4.78 is 9.36. The molecule has 3 aromatic carbocycles. The summed E-state index contributed by atoms with van der Waals surface area (Å²) in [4.78, 5) is 14.9. The predicted molar refractivity (Wildman–Crippen MR) is 197 cm³/mol. The molecule has 2 aliphatic rings. The third-order valence-electron chi connectivity index (χ3n) is 11.0. The van der Waals surface area contributed by atoms with Gasteiger partial charge in [-0.05, 0) is 36.8 Å². The van der Waals surface area contributed by atoms with Gasteiger partial charge in [0.1, 0.15) is 19.1 Å². The summed E-state index contributed by atoms with van der Waals surface area (Å²) >= 11 is 0. The summed E-state index contributed by atoms with van der Waals surface area (Å²) in [5.41, 5.74) is 9.66. The summed E-state index contributed by atoms with van der Waals surface area (Å²) in [7, 11) is 2.18. The van der Waals surface area contributed by atoms with Gasteiger partial charge in [0.15, 0.2) is 17.7 Å². The topological polar surface area (TPSA) is 67.8 Å². The van der Waals surface area contributed by atoms with Crippen LogP contribution in [-0.2, 0) is 12.1 Å². The van der Waals surface area contributed by atoms with Crippen molar-refractivity contribution in [3.63, 3.8) is 0 Å². The van der Waals surface area contributed by atoms with Crippen molar-refractivity contribution in [2.24, 2.45) is 0 Å². The highest BCUT2D eigenvalue weighted by molar-refractivity contribution is 6.04. The molecule has 0 amide bonds. The number of rotatable bonds is 5. The molecule has 0 radical (unpaired) electrons. The molecule has 0 bridgehead atoms. The Morgan fingerprint density at radius 3 is 2.52 bits per heavy atom. The Morgan fingerprint density at radius 2 is 1.66 bits per heavy atom. The van der Waals surface area contributed by atoms with Gasteiger partial charge in [-0.25, -0.2) is 14.6 Å². The van der Waals surface area contributed by atoms with E-state index in [0.29, 0.717) is 6.54 Å². The first-order valence-corrected chi connectivity index (χ1v) is 17.5. The first-order valence-electron chi connectivity index (χ1n) is 17.5. The van der Waals surface area contributed by atoms with Crippen molar-refractivity contribution in [2.75, 3.05) is 7.05 Å². The molecule has 0 saturated heterocycles. The molecule has 8 heteroatoms. The minimum atomic E-state index is -0.430. The van der Waals surface area contributed by atoms with Crippen LogP contribution in [0.2, 0.25) is 0 Å². The number of para-hydroxylation sites is 1. The van der Waals surface area contributed by atoms with Gasteiger partial charge in [-0.1, -0.05) is 62.7 Å². The Kier molecular flexibility index (Phi) is 6.22. The highest BCUT2D eigenvalue weighted by Crippen LogP contribution is 2.39. The zero-order chi connectivity index (χ0) is 33.6. The molecule has 1 unspecified atom stereocenters. The van der Waals surface area contributed by atoms with Crippen molar-refractivity contribution < 1.29 is 4.57 Å². The van der Waals surface area contributed by atoms with E-state index in [1.54, 1.807) is 6.20 Å². The van der Waals surface area contributed by atoms with Gasteiger partial charge in [-0.2, -0.15) is 9.14 Å². The van der Waals surface area contributed by atoms with Crippen molar-refractivity contribution in [3.05, 3.63) is 126 Å². The molecule has 242 valence electrons. The van der Waals surface area contributed by atoms with Gasteiger partial charge in [0.05, 0.1) is 22.0 Å². The molecular weight excluding hydrogens is 617 g/mol. The van der Waals surface area contributed by atoms with Crippen LogP contribution in [0.1, 0.15) is 33.1 Å². The van der Waals surface area contributed by atoms with Crippen molar-refractivity contribution in [3.8, 4) is 34.0 Å². The van der Waals surface area contributed by atoms with Crippen molar-refractivity contribution in [1.82, 2.24) is 33.7 Å². The Bertz CT molecular complexity index is 2810. The Morgan fingerprint density at radius 1 is 0.840 bits per heavy atom. The summed E-state index contributed by atoms with van der Waals surface area (Å²) in [6.45, 7) is 5.27. The van der Waals surface area contributed by atoms with Gasteiger partial charge in [0.25, 0.3) is 5.69 Å². The van der Waals surface area contributed by atoms with E-state index in [2.05, 4.69) is 124 Å². The lowest BCUT2D eigenvalue weighted by molar-refractivity contribution is -0.746. The zero-order valence-corrected chi connectivity index (χ0v) is 28.4. The molecule has 50 heavy (non-hydrogen) atoms. The third-order valence-corrected chi connectivity index (χ3v) is 11.0. The first-order chi connectivity index (χ1) is 24.6. The molecule has 7 heterocycles. The molecule has 8 nitrogen and oxygen atoms in total. The minimum absolute atomic E-state index is 0.430. The highest BCUT2D eigenvalue weighted by Gasteiger charge is 2.50. The monoisotopic (exact) mass is 652 g/mol. The molecule has 0 aliphatic carbocycles. The van der Waals surface area contributed by atoms with E-state index in [4.69, 9.17) is 20.1 Å². The van der Waals surface area contributed by atoms with Crippen LogP contribution in [0.4, 0.5) is 5.69 Å². The van der Waals surface area contributed by atoms with Gasteiger partial charge < -0.3 is 0 Å². The van der Waals surface area contributed by atoms with E-state index in [0.717, 1.165) is 58.8 Å². The van der Waals surface area contributed by atoms with E-state index >= 15 is 0 Å². The fraction of sp³-hybridized carbons (Fsp3) is 0.190.